The number of tetrazole rings is 1. The Kier molecular flexibility index (Phi) is 5.51. The summed E-state index contributed by atoms with van der Waals surface area (Å²) in [4.78, 5) is 17.7. The van der Waals surface area contributed by atoms with Gasteiger partial charge in [0.25, 0.3) is 5.91 Å². The van der Waals surface area contributed by atoms with Crippen LogP contribution in [0.2, 0.25) is 0 Å². The van der Waals surface area contributed by atoms with Crippen molar-refractivity contribution in [2.24, 2.45) is 0 Å². The van der Waals surface area contributed by atoms with E-state index in [1.54, 1.807) is 11.0 Å². The van der Waals surface area contributed by atoms with Gasteiger partial charge in [-0.25, -0.2) is 4.68 Å². The van der Waals surface area contributed by atoms with E-state index in [1.165, 1.54) is 11.1 Å². The summed E-state index contributed by atoms with van der Waals surface area (Å²) in [6.07, 6.45) is 6.05. The lowest BCUT2D eigenvalue weighted by atomic mass is 10.0. The average Bonchev–Trinajstić information content (AvgIpc) is 3.48. The van der Waals surface area contributed by atoms with Crippen molar-refractivity contribution < 1.29 is 4.79 Å². The van der Waals surface area contributed by atoms with Gasteiger partial charge in [-0.15, -0.1) is 5.10 Å². The van der Waals surface area contributed by atoms with Crippen LogP contribution in [-0.4, -0.2) is 68.1 Å². The molecule has 1 amide bonds. The van der Waals surface area contributed by atoms with Crippen molar-refractivity contribution >= 4 is 5.91 Å². The summed E-state index contributed by atoms with van der Waals surface area (Å²) in [5.41, 5.74) is 4.77. The molecule has 31 heavy (non-hydrogen) atoms. The smallest absolute Gasteiger partial charge is 0.253 e. The number of likely N-dealkylation sites (N-methyl/N-ethyl adjacent to an activating group) is 1. The molecular weight excluding hydrogens is 388 g/mol. The summed E-state index contributed by atoms with van der Waals surface area (Å²) < 4.78 is 1.67. The summed E-state index contributed by atoms with van der Waals surface area (Å²) in [6.45, 7) is 2.68. The van der Waals surface area contributed by atoms with Crippen molar-refractivity contribution in [2.45, 2.75) is 44.3 Å². The van der Waals surface area contributed by atoms with Crippen LogP contribution in [0, 0.1) is 0 Å². The van der Waals surface area contributed by atoms with E-state index in [-0.39, 0.29) is 11.9 Å². The van der Waals surface area contributed by atoms with Gasteiger partial charge in [0.15, 0.2) is 0 Å². The Balaban J connectivity index is 1.21. The van der Waals surface area contributed by atoms with E-state index in [2.05, 4.69) is 44.7 Å². The number of likely N-dealkylation sites (tertiary alicyclic amines) is 1. The largest absolute Gasteiger partial charge is 0.337 e. The molecule has 7 heteroatoms. The van der Waals surface area contributed by atoms with Crippen molar-refractivity contribution in [1.29, 1.82) is 0 Å². The van der Waals surface area contributed by atoms with E-state index in [4.69, 9.17) is 0 Å². The van der Waals surface area contributed by atoms with Gasteiger partial charge >= 0.3 is 0 Å². The van der Waals surface area contributed by atoms with Crippen LogP contribution in [0.5, 0.6) is 0 Å². The molecule has 3 aromatic rings. The van der Waals surface area contributed by atoms with Crippen molar-refractivity contribution in [3.8, 4) is 0 Å². The van der Waals surface area contributed by atoms with Gasteiger partial charge < -0.3 is 4.90 Å². The molecule has 2 aromatic carbocycles. The number of benzene rings is 2. The van der Waals surface area contributed by atoms with Gasteiger partial charge in [0.1, 0.15) is 6.33 Å². The summed E-state index contributed by atoms with van der Waals surface area (Å²) in [5.74, 6) is 0.0931. The highest BCUT2D eigenvalue weighted by molar-refractivity contribution is 5.94. The molecule has 160 valence electrons. The fourth-order valence-corrected chi connectivity index (χ4v) is 4.99. The highest BCUT2D eigenvalue weighted by Gasteiger charge is 2.33. The molecule has 1 aliphatic heterocycles. The molecule has 0 spiro atoms. The first-order valence-electron chi connectivity index (χ1n) is 11.0. The maximum absolute atomic E-state index is 13.1. The summed E-state index contributed by atoms with van der Waals surface area (Å²) in [5, 5.41) is 11.2. The molecule has 1 atom stereocenters. The lowest BCUT2D eigenvalue weighted by Gasteiger charge is -2.40. The second-order valence-electron chi connectivity index (χ2n) is 8.74. The lowest BCUT2D eigenvalue weighted by Crippen LogP contribution is -2.51. The first kappa shape index (κ1) is 19.9. The monoisotopic (exact) mass is 416 g/mol. The van der Waals surface area contributed by atoms with E-state index >= 15 is 0 Å². The van der Waals surface area contributed by atoms with Crippen LogP contribution in [-0.2, 0) is 19.4 Å². The zero-order valence-electron chi connectivity index (χ0n) is 17.9. The predicted molar refractivity (Wildman–Crippen MR) is 118 cm³/mol. The Hall–Kier alpha value is -3.06. The third-order valence-corrected chi connectivity index (χ3v) is 6.78. The molecule has 0 radical (unpaired) electrons. The van der Waals surface area contributed by atoms with Crippen LogP contribution in [0.15, 0.2) is 54.9 Å². The maximum atomic E-state index is 13.1. The molecule has 1 unspecified atom stereocenters. The fraction of sp³-hybridized carbons (Fsp3) is 0.417. The molecule has 1 aromatic heterocycles. The lowest BCUT2D eigenvalue weighted by molar-refractivity contribution is 0.0555. The van der Waals surface area contributed by atoms with Gasteiger partial charge in [0, 0.05) is 31.2 Å². The number of carbonyl (C=O) groups excluding carboxylic acids is 1. The van der Waals surface area contributed by atoms with E-state index < -0.39 is 0 Å². The highest BCUT2D eigenvalue weighted by atomic mass is 16.2. The number of amides is 1. The zero-order chi connectivity index (χ0) is 21.2. The molecule has 0 N–H and O–H groups in total. The van der Waals surface area contributed by atoms with E-state index in [9.17, 15) is 4.79 Å². The van der Waals surface area contributed by atoms with Gasteiger partial charge in [0.2, 0.25) is 0 Å². The van der Waals surface area contributed by atoms with Gasteiger partial charge in [-0.2, -0.15) is 0 Å². The number of carbonyl (C=O) groups is 1. The third kappa shape index (κ3) is 4.23. The number of fused-ring (bicyclic) bond motifs is 1. The molecule has 0 bridgehead atoms. The third-order valence-electron chi connectivity index (χ3n) is 6.78. The summed E-state index contributed by atoms with van der Waals surface area (Å²) in [7, 11) is 1.95. The average molecular weight is 417 g/mol. The number of nitrogens with zero attached hydrogens (tertiary/aromatic N) is 6. The van der Waals surface area contributed by atoms with Crippen molar-refractivity contribution in [2.75, 3.05) is 20.1 Å². The molecule has 1 saturated heterocycles. The molecule has 0 saturated carbocycles. The number of piperidine rings is 1. The van der Waals surface area contributed by atoms with E-state index in [0.29, 0.717) is 12.6 Å². The Morgan fingerprint density at radius 2 is 1.84 bits per heavy atom. The van der Waals surface area contributed by atoms with Gasteiger partial charge in [-0.05, 0) is 71.5 Å². The normalized spacial score (nSPS) is 19.3. The fourth-order valence-electron chi connectivity index (χ4n) is 4.99. The van der Waals surface area contributed by atoms with Crippen LogP contribution >= 0.6 is 0 Å². The van der Waals surface area contributed by atoms with Crippen LogP contribution < -0.4 is 0 Å². The van der Waals surface area contributed by atoms with E-state index in [1.807, 2.05) is 36.2 Å². The molecule has 1 aliphatic carbocycles. The minimum absolute atomic E-state index is 0.0931. The SMILES string of the molecule is CN(C(=O)c1ccc(Cn2cnnn2)cc1)C1CCCN(C2Cc3ccccc3C2)C1. The Morgan fingerprint density at radius 3 is 2.52 bits per heavy atom. The highest BCUT2D eigenvalue weighted by Crippen LogP contribution is 2.28. The molecule has 5 rings (SSSR count). The van der Waals surface area contributed by atoms with Gasteiger partial charge in [0.05, 0.1) is 6.54 Å². The number of hydrogen-bond acceptors (Lipinski definition) is 5. The molecule has 2 heterocycles. The minimum atomic E-state index is 0.0931. The second-order valence-corrected chi connectivity index (χ2v) is 8.74. The number of hydrogen-bond donors (Lipinski definition) is 0. The minimum Gasteiger partial charge on any atom is -0.337 e. The summed E-state index contributed by atoms with van der Waals surface area (Å²) >= 11 is 0. The molecule has 1 fully saturated rings. The van der Waals surface area contributed by atoms with Crippen LogP contribution in [0.4, 0.5) is 0 Å². The van der Waals surface area contributed by atoms with E-state index in [0.717, 1.165) is 49.9 Å². The second kappa shape index (κ2) is 8.59. The first-order chi connectivity index (χ1) is 15.2. The van der Waals surface area contributed by atoms with Crippen molar-refractivity contribution in [1.82, 2.24) is 30.0 Å². The number of aromatic nitrogens is 4. The van der Waals surface area contributed by atoms with Crippen LogP contribution in [0.3, 0.4) is 0 Å². The molecular formula is C24H28N6O. The zero-order valence-corrected chi connectivity index (χ0v) is 17.9. The summed E-state index contributed by atoms with van der Waals surface area (Å²) in [6, 6.07) is 17.4. The Morgan fingerprint density at radius 1 is 1.10 bits per heavy atom. The van der Waals surface area contributed by atoms with Crippen molar-refractivity contribution in [3.05, 3.63) is 77.1 Å². The quantitative estimate of drug-likeness (QED) is 0.639. The number of rotatable bonds is 5. The molecule has 7 nitrogen and oxygen atoms in total. The molecule has 2 aliphatic rings. The van der Waals surface area contributed by atoms with Crippen LogP contribution in [0.1, 0.15) is 39.9 Å². The first-order valence-corrected chi connectivity index (χ1v) is 11.0. The Bertz CT molecular complexity index is 1010. The standard InChI is InChI=1S/C24H28N6O/c1-28(24(31)19-10-8-18(9-11-19)15-30-17-25-26-27-30)22-7-4-12-29(16-22)23-13-20-5-2-3-6-21(20)14-23/h2-3,5-6,8-11,17,22-23H,4,7,12-16H2,1H3. The predicted octanol–water partition coefficient (Wildman–Crippen LogP) is 2.43. The topological polar surface area (TPSA) is 67.2 Å². The Labute approximate surface area is 182 Å². The van der Waals surface area contributed by atoms with Gasteiger partial charge in [-0.3, -0.25) is 9.69 Å². The van der Waals surface area contributed by atoms with Crippen molar-refractivity contribution in [3.63, 3.8) is 0 Å². The maximum Gasteiger partial charge on any atom is 0.253 e. The van der Waals surface area contributed by atoms with Gasteiger partial charge in [-0.1, -0.05) is 36.4 Å². The van der Waals surface area contributed by atoms with Crippen LogP contribution in [0.25, 0.3) is 0 Å².